The number of halogens is 1. The second-order valence-corrected chi connectivity index (χ2v) is 4.79. The fourth-order valence-electron chi connectivity index (χ4n) is 2.37. The van der Waals surface area contributed by atoms with Gasteiger partial charge in [0.1, 0.15) is 0 Å². The molecule has 0 spiro atoms. The summed E-state index contributed by atoms with van der Waals surface area (Å²) in [5.74, 6) is 1.67. The average molecular weight is 189 g/mol. The Balaban J connectivity index is 2.36. The van der Waals surface area contributed by atoms with Crippen LogP contribution in [0.5, 0.6) is 0 Å². The van der Waals surface area contributed by atoms with Crippen LogP contribution >= 0.6 is 11.6 Å². The van der Waals surface area contributed by atoms with Gasteiger partial charge in [0, 0.05) is 5.38 Å². The molecule has 1 aliphatic rings. The van der Waals surface area contributed by atoms with Crippen molar-refractivity contribution in [3.05, 3.63) is 0 Å². The molecule has 0 radical (unpaired) electrons. The second-order valence-electron chi connectivity index (χ2n) is 4.23. The van der Waals surface area contributed by atoms with Crippen LogP contribution in [0.15, 0.2) is 0 Å². The van der Waals surface area contributed by atoms with Crippen LogP contribution in [0.4, 0.5) is 0 Å². The number of rotatable bonds is 3. The Morgan fingerprint density at radius 2 is 2.00 bits per heavy atom. The van der Waals surface area contributed by atoms with Gasteiger partial charge >= 0.3 is 0 Å². The minimum absolute atomic E-state index is 0.449. The smallest absolute Gasteiger partial charge is 0.0366 e. The van der Waals surface area contributed by atoms with Gasteiger partial charge in [-0.15, -0.1) is 11.6 Å². The number of hydrogen-bond donors (Lipinski definition) is 0. The minimum Gasteiger partial charge on any atom is -0.123 e. The molecule has 72 valence electrons. The molecule has 0 aliphatic heterocycles. The lowest BCUT2D eigenvalue weighted by Gasteiger charge is -2.32. The van der Waals surface area contributed by atoms with Gasteiger partial charge in [0.05, 0.1) is 0 Å². The average Bonchev–Trinajstić information content (AvgIpc) is 2.05. The van der Waals surface area contributed by atoms with Gasteiger partial charge in [-0.2, -0.15) is 0 Å². The van der Waals surface area contributed by atoms with E-state index in [1.54, 1.807) is 0 Å². The Hall–Kier alpha value is 0.290. The van der Waals surface area contributed by atoms with Crippen LogP contribution in [0.25, 0.3) is 0 Å². The van der Waals surface area contributed by atoms with Crippen LogP contribution in [0.2, 0.25) is 0 Å². The third-order valence-electron chi connectivity index (χ3n) is 3.21. The molecule has 1 rings (SSSR count). The highest BCUT2D eigenvalue weighted by atomic mass is 35.5. The first-order valence-electron chi connectivity index (χ1n) is 5.39. The molecule has 3 unspecified atom stereocenters. The van der Waals surface area contributed by atoms with Crippen molar-refractivity contribution in [2.45, 2.75) is 57.7 Å². The molecule has 1 aliphatic carbocycles. The topological polar surface area (TPSA) is 0 Å². The molecule has 12 heavy (non-hydrogen) atoms. The van der Waals surface area contributed by atoms with Crippen molar-refractivity contribution < 1.29 is 0 Å². The standard InChI is InChI=1S/C11H21Cl/c1-3-6-11(12)10-8-5-4-7-9(10)2/h9-11H,3-8H2,1-2H3. The lowest BCUT2D eigenvalue weighted by Crippen LogP contribution is -2.25. The number of hydrogen-bond acceptors (Lipinski definition) is 0. The third-order valence-corrected chi connectivity index (χ3v) is 3.75. The van der Waals surface area contributed by atoms with Gasteiger partial charge in [-0.05, 0) is 24.7 Å². The zero-order valence-corrected chi connectivity index (χ0v) is 9.11. The predicted molar refractivity (Wildman–Crippen MR) is 55.7 cm³/mol. The first kappa shape index (κ1) is 10.4. The Bertz CT molecular complexity index is 122. The molecule has 0 saturated heterocycles. The first-order chi connectivity index (χ1) is 5.75. The molecule has 3 atom stereocenters. The SMILES string of the molecule is CCCC(Cl)C1CCCCC1C. The van der Waals surface area contributed by atoms with E-state index < -0.39 is 0 Å². The van der Waals surface area contributed by atoms with Crippen molar-refractivity contribution >= 4 is 11.6 Å². The second kappa shape index (κ2) is 5.11. The summed E-state index contributed by atoms with van der Waals surface area (Å²) in [7, 11) is 0. The molecule has 0 nitrogen and oxygen atoms in total. The van der Waals surface area contributed by atoms with E-state index in [0.29, 0.717) is 5.38 Å². The van der Waals surface area contributed by atoms with E-state index in [1.807, 2.05) is 0 Å². The molecular formula is C11H21Cl. The summed E-state index contributed by atoms with van der Waals surface area (Å²) in [4.78, 5) is 0. The lowest BCUT2D eigenvalue weighted by atomic mass is 9.77. The van der Waals surface area contributed by atoms with Crippen molar-refractivity contribution in [1.29, 1.82) is 0 Å². The maximum Gasteiger partial charge on any atom is 0.0366 e. The normalized spacial score (nSPS) is 33.2. The predicted octanol–water partition coefficient (Wildman–Crippen LogP) is 4.22. The van der Waals surface area contributed by atoms with Crippen molar-refractivity contribution in [1.82, 2.24) is 0 Å². The molecule has 1 heteroatoms. The molecule has 0 aromatic carbocycles. The fourth-order valence-corrected chi connectivity index (χ4v) is 2.96. The van der Waals surface area contributed by atoms with Gasteiger partial charge in [0.2, 0.25) is 0 Å². The van der Waals surface area contributed by atoms with Crippen molar-refractivity contribution in [3.8, 4) is 0 Å². The van der Waals surface area contributed by atoms with E-state index in [0.717, 1.165) is 11.8 Å². The summed E-state index contributed by atoms with van der Waals surface area (Å²) in [5.41, 5.74) is 0. The molecule has 1 saturated carbocycles. The first-order valence-corrected chi connectivity index (χ1v) is 5.83. The fraction of sp³-hybridized carbons (Fsp3) is 1.00. The quantitative estimate of drug-likeness (QED) is 0.582. The molecule has 0 heterocycles. The lowest BCUT2D eigenvalue weighted by molar-refractivity contribution is 0.242. The van der Waals surface area contributed by atoms with E-state index in [4.69, 9.17) is 11.6 Å². The molecular weight excluding hydrogens is 168 g/mol. The van der Waals surface area contributed by atoms with E-state index in [9.17, 15) is 0 Å². The zero-order valence-electron chi connectivity index (χ0n) is 8.35. The number of alkyl halides is 1. The highest BCUT2D eigenvalue weighted by molar-refractivity contribution is 6.20. The monoisotopic (exact) mass is 188 g/mol. The maximum absolute atomic E-state index is 6.35. The maximum atomic E-state index is 6.35. The Morgan fingerprint density at radius 1 is 1.33 bits per heavy atom. The van der Waals surface area contributed by atoms with Crippen molar-refractivity contribution in [3.63, 3.8) is 0 Å². The molecule has 0 bridgehead atoms. The van der Waals surface area contributed by atoms with Crippen LogP contribution in [0, 0.1) is 11.8 Å². The molecule has 1 fully saturated rings. The van der Waals surface area contributed by atoms with Gasteiger partial charge in [-0.25, -0.2) is 0 Å². The minimum atomic E-state index is 0.449. The molecule has 0 amide bonds. The molecule has 0 aromatic rings. The highest BCUT2D eigenvalue weighted by Crippen LogP contribution is 2.35. The van der Waals surface area contributed by atoms with Gasteiger partial charge in [-0.3, -0.25) is 0 Å². The van der Waals surface area contributed by atoms with Crippen LogP contribution in [0.1, 0.15) is 52.4 Å². The summed E-state index contributed by atoms with van der Waals surface area (Å²) in [6.07, 6.45) is 8.04. The Kier molecular flexibility index (Phi) is 4.42. The van der Waals surface area contributed by atoms with E-state index in [1.165, 1.54) is 38.5 Å². The van der Waals surface area contributed by atoms with Gasteiger partial charge < -0.3 is 0 Å². The van der Waals surface area contributed by atoms with Crippen LogP contribution in [-0.2, 0) is 0 Å². The summed E-state index contributed by atoms with van der Waals surface area (Å²) in [6.45, 7) is 4.59. The van der Waals surface area contributed by atoms with Crippen LogP contribution in [-0.4, -0.2) is 5.38 Å². The summed E-state index contributed by atoms with van der Waals surface area (Å²) >= 11 is 6.35. The van der Waals surface area contributed by atoms with Crippen LogP contribution < -0.4 is 0 Å². The molecule has 0 N–H and O–H groups in total. The highest BCUT2D eigenvalue weighted by Gasteiger charge is 2.26. The summed E-state index contributed by atoms with van der Waals surface area (Å²) < 4.78 is 0. The van der Waals surface area contributed by atoms with Crippen molar-refractivity contribution in [2.75, 3.05) is 0 Å². The van der Waals surface area contributed by atoms with Gasteiger partial charge in [0.15, 0.2) is 0 Å². The Morgan fingerprint density at radius 3 is 2.58 bits per heavy atom. The zero-order chi connectivity index (χ0) is 8.97. The van der Waals surface area contributed by atoms with Gasteiger partial charge in [-0.1, -0.05) is 39.5 Å². The van der Waals surface area contributed by atoms with Crippen LogP contribution in [0.3, 0.4) is 0 Å². The third kappa shape index (κ3) is 2.65. The van der Waals surface area contributed by atoms with E-state index in [-0.39, 0.29) is 0 Å². The largest absolute Gasteiger partial charge is 0.123 e. The van der Waals surface area contributed by atoms with Gasteiger partial charge in [0.25, 0.3) is 0 Å². The Labute approximate surface area is 81.7 Å². The summed E-state index contributed by atoms with van der Waals surface area (Å²) in [5, 5.41) is 0.449. The van der Waals surface area contributed by atoms with Crippen molar-refractivity contribution in [2.24, 2.45) is 11.8 Å². The summed E-state index contributed by atoms with van der Waals surface area (Å²) in [6, 6.07) is 0. The van der Waals surface area contributed by atoms with E-state index >= 15 is 0 Å². The molecule has 0 aromatic heterocycles. The van der Waals surface area contributed by atoms with E-state index in [2.05, 4.69) is 13.8 Å².